The van der Waals surface area contributed by atoms with Crippen molar-refractivity contribution in [2.75, 3.05) is 25.5 Å². The molecular formula is C14H20BrN3O. The third kappa shape index (κ3) is 3.09. The Morgan fingerprint density at radius 3 is 2.89 bits per heavy atom. The molecule has 1 atom stereocenters. The first-order valence-electron chi connectivity index (χ1n) is 6.58. The number of hydrogen-bond acceptors (Lipinski definition) is 3. The zero-order valence-electron chi connectivity index (χ0n) is 11.4. The highest BCUT2D eigenvalue weighted by atomic mass is 79.9. The van der Waals surface area contributed by atoms with Crippen LogP contribution in [0.2, 0.25) is 0 Å². The van der Waals surface area contributed by atoms with E-state index in [9.17, 15) is 4.79 Å². The van der Waals surface area contributed by atoms with E-state index in [-0.39, 0.29) is 11.9 Å². The van der Waals surface area contributed by atoms with Crippen LogP contribution in [-0.4, -0.2) is 32.6 Å². The molecule has 1 fully saturated rings. The summed E-state index contributed by atoms with van der Waals surface area (Å²) in [4.78, 5) is 14.1. The predicted octanol–water partition coefficient (Wildman–Crippen LogP) is 1.88. The number of benzene rings is 1. The van der Waals surface area contributed by atoms with Crippen LogP contribution in [0.3, 0.4) is 0 Å². The minimum Gasteiger partial charge on any atom is -0.359 e. The fraction of sp³-hybridized carbons (Fsp3) is 0.500. The summed E-state index contributed by atoms with van der Waals surface area (Å²) in [7, 11) is 3.63. The largest absolute Gasteiger partial charge is 0.359 e. The molecule has 2 rings (SSSR count). The van der Waals surface area contributed by atoms with E-state index < -0.39 is 0 Å². The van der Waals surface area contributed by atoms with Crippen LogP contribution in [0, 0.1) is 0 Å². The summed E-state index contributed by atoms with van der Waals surface area (Å²) < 4.78 is 1.09. The SMILES string of the molecule is CNCc1ccc(N2CCCC2C(=O)NC)cc1Br. The smallest absolute Gasteiger partial charge is 0.242 e. The Kier molecular flexibility index (Phi) is 4.82. The normalized spacial score (nSPS) is 18.7. The lowest BCUT2D eigenvalue weighted by Gasteiger charge is -2.26. The highest BCUT2D eigenvalue weighted by Gasteiger charge is 2.30. The van der Waals surface area contributed by atoms with Crippen molar-refractivity contribution in [2.45, 2.75) is 25.4 Å². The summed E-state index contributed by atoms with van der Waals surface area (Å²) in [5.41, 5.74) is 2.33. The summed E-state index contributed by atoms with van der Waals surface area (Å²) >= 11 is 3.60. The molecule has 1 aromatic rings. The third-order valence-electron chi connectivity index (χ3n) is 3.54. The monoisotopic (exact) mass is 325 g/mol. The molecule has 1 amide bonds. The standard InChI is InChI=1S/C14H20BrN3O/c1-16-9-10-5-6-11(8-12(10)15)18-7-3-4-13(18)14(19)17-2/h5-6,8,13,16H,3-4,7,9H2,1-2H3,(H,17,19). The highest BCUT2D eigenvalue weighted by molar-refractivity contribution is 9.10. The second kappa shape index (κ2) is 6.39. The summed E-state index contributed by atoms with van der Waals surface area (Å²) in [5.74, 6) is 0.105. The Hall–Kier alpha value is -1.07. The lowest BCUT2D eigenvalue weighted by Crippen LogP contribution is -2.42. The maximum Gasteiger partial charge on any atom is 0.242 e. The van der Waals surface area contributed by atoms with Gasteiger partial charge in [0.25, 0.3) is 0 Å². The molecule has 0 aromatic heterocycles. The van der Waals surface area contributed by atoms with E-state index in [1.54, 1.807) is 7.05 Å². The fourth-order valence-corrected chi connectivity index (χ4v) is 3.07. The Morgan fingerprint density at radius 1 is 1.47 bits per heavy atom. The number of carbonyl (C=O) groups excluding carboxylic acids is 1. The topological polar surface area (TPSA) is 44.4 Å². The van der Waals surface area contributed by atoms with Gasteiger partial charge in [-0.15, -0.1) is 0 Å². The van der Waals surface area contributed by atoms with Gasteiger partial charge in [-0.25, -0.2) is 0 Å². The van der Waals surface area contributed by atoms with Crippen molar-refractivity contribution >= 4 is 27.5 Å². The summed E-state index contributed by atoms with van der Waals surface area (Å²) in [6, 6.07) is 6.27. The van der Waals surface area contributed by atoms with Crippen LogP contribution < -0.4 is 15.5 Å². The molecule has 104 valence electrons. The van der Waals surface area contributed by atoms with Crippen molar-refractivity contribution in [3.8, 4) is 0 Å². The molecule has 0 radical (unpaired) electrons. The number of carbonyl (C=O) groups is 1. The zero-order valence-corrected chi connectivity index (χ0v) is 13.0. The Morgan fingerprint density at radius 2 is 2.26 bits per heavy atom. The molecule has 1 aromatic carbocycles. The maximum absolute atomic E-state index is 11.9. The van der Waals surface area contributed by atoms with Gasteiger partial charge in [0.15, 0.2) is 0 Å². The second-order valence-electron chi connectivity index (χ2n) is 4.77. The van der Waals surface area contributed by atoms with E-state index in [4.69, 9.17) is 0 Å². The van der Waals surface area contributed by atoms with Crippen molar-refractivity contribution in [3.63, 3.8) is 0 Å². The average Bonchev–Trinajstić information content (AvgIpc) is 2.89. The van der Waals surface area contributed by atoms with Crippen molar-refractivity contribution in [1.82, 2.24) is 10.6 Å². The van der Waals surface area contributed by atoms with E-state index in [0.29, 0.717) is 0 Å². The summed E-state index contributed by atoms with van der Waals surface area (Å²) in [6.45, 7) is 1.77. The van der Waals surface area contributed by atoms with Gasteiger partial charge in [-0.2, -0.15) is 0 Å². The minimum absolute atomic E-state index is 0.0351. The first-order valence-corrected chi connectivity index (χ1v) is 7.38. The van der Waals surface area contributed by atoms with Crippen molar-refractivity contribution < 1.29 is 4.79 Å². The molecule has 19 heavy (non-hydrogen) atoms. The van der Waals surface area contributed by atoms with Crippen LogP contribution in [-0.2, 0) is 11.3 Å². The molecule has 0 aliphatic carbocycles. The Bertz CT molecular complexity index is 464. The molecule has 1 saturated heterocycles. The van der Waals surface area contributed by atoms with E-state index >= 15 is 0 Å². The van der Waals surface area contributed by atoms with E-state index in [1.807, 2.05) is 7.05 Å². The fourth-order valence-electron chi connectivity index (χ4n) is 2.56. The number of halogens is 1. The molecule has 4 nitrogen and oxygen atoms in total. The van der Waals surface area contributed by atoms with Crippen LogP contribution in [0.4, 0.5) is 5.69 Å². The van der Waals surface area contributed by atoms with Crippen LogP contribution in [0.5, 0.6) is 0 Å². The van der Waals surface area contributed by atoms with Crippen molar-refractivity contribution in [2.24, 2.45) is 0 Å². The molecular weight excluding hydrogens is 306 g/mol. The van der Waals surface area contributed by atoms with Crippen LogP contribution in [0.1, 0.15) is 18.4 Å². The number of rotatable bonds is 4. The summed E-state index contributed by atoms with van der Waals surface area (Å²) in [5, 5.41) is 5.89. The van der Waals surface area contributed by atoms with E-state index in [1.165, 1.54) is 5.56 Å². The number of amides is 1. The quantitative estimate of drug-likeness (QED) is 0.888. The Balaban J connectivity index is 2.21. The number of hydrogen-bond donors (Lipinski definition) is 2. The predicted molar refractivity (Wildman–Crippen MR) is 81.3 cm³/mol. The first kappa shape index (κ1) is 14.3. The molecule has 1 aliphatic heterocycles. The lowest BCUT2D eigenvalue weighted by molar-refractivity contribution is -0.121. The number of nitrogens with one attached hydrogen (secondary N) is 2. The van der Waals surface area contributed by atoms with Gasteiger partial charge in [0.2, 0.25) is 5.91 Å². The van der Waals surface area contributed by atoms with E-state index in [2.05, 4.69) is 49.7 Å². The molecule has 2 N–H and O–H groups in total. The average molecular weight is 326 g/mol. The van der Waals surface area contributed by atoms with Gasteiger partial charge in [0.1, 0.15) is 6.04 Å². The van der Waals surface area contributed by atoms with Crippen LogP contribution in [0.15, 0.2) is 22.7 Å². The van der Waals surface area contributed by atoms with Crippen molar-refractivity contribution in [3.05, 3.63) is 28.2 Å². The van der Waals surface area contributed by atoms with Gasteiger partial charge in [-0.1, -0.05) is 22.0 Å². The lowest BCUT2D eigenvalue weighted by atomic mass is 10.1. The third-order valence-corrected chi connectivity index (χ3v) is 4.28. The first-order chi connectivity index (χ1) is 9.17. The van der Waals surface area contributed by atoms with E-state index in [0.717, 1.165) is 36.1 Å². The molecule has 5 heteroatoms. The number of likely N-dealkylation sites (N-methyl/N-ethyl adjacent to an activating group) is 1. The van der Waals surface area contributed by atoms with Gasteiger partial charge in [-0.3, -0.25) is 4.79 Å². The molecule has 0 saturated carbocycles. The number of nitrogens with zero attached hydrogens (tertiary/aromatic N) is 1. The minimum atomic E-state index is -0.0351. The van der Waals surface area contributed by atoms with Crippen molar-refractivity contribution in [1.29, 1.82) is 0 Å². The molecule has 0 bridgehead atoms. The number of anilines is 1. The van der Waals surface area contributed by atoms with Crippen LogP contribution in [0.25, 0.3) is 0 Å². The zero-order chi connectivity index (χ0) is 13.8. The molecule has 1 heterocycles. The highest BCUT2D eigenvalue weighted by Crippen LogP contribution is 2.29. The molecule has 0 spiro atoms. The Labute approximate surface area is 122 Å². The van der Waals surface area contributed by atoms with Gasteiger partial charge in [0, 0.05) is 30.3 Å². The van der Waals surface area contributed by atoms with Gasteiger partial charge in [0.05, 0.1) is 0 Å². The van der Waals surface area contributed by atoms with Crippen LogP contribution >= 0.6 is 15.9 Å². The molecule has 1 unspecified atom stereocenters. The second-order valence-corrected chi connectivity index (χ2v) is 5.63. The maximum atomic E-state index is 11.9. The van der Waals surface area contributed by atoms with Gasteiger partial charge >= 0.3 is 0 Å². The van der Waals surface area contributed by atoms with Gasteiger partial charge in [-0.05, 0) is 37.6 Å². The molecule has 1 aliphatic rings. The summed E-state index contributed by atoms with van der Waals surface area (Å²) in [6.07, 6.45) is 1.99. The van der Waals surface area contributed by atoms with Gasteiger partial charge < -0.3 is 15.5 Å².